The summed E-state index contributed by atoms with van der Waals surface area (Å²) in [5.74, 6) is 1.03. The molecule has 0 fully saturated rings. The van der Waals surface area contributed by atoms with Crippen molar-refractivity contribution in [2.24, 2.45) is 5.92 Å². The zero-order valence-electron chi connectivity index (χ0n) is 11.6. The summed E-state index contributed by atoms with van der Waals surface area (Å²) in [7, 11) is 0. The molecule has 0 aliphatic carbocycles. The number of nitrogens with one attached hydrogen (secondary N) is 1. The first kappa shape index (κ1) is 15.8. The van der Waals surface area contributed by atoms with Gasteiger partial charge in [0.25, 0.3) is 5.91 Å². The maximum absolute atomic E-state index is 11.8. The van der Waals surface area contributed by atoms with Gasteiger partial charge in [-0.3, -0.25) is 4.79 Å². The molecule has 0 radical (unpaired) electrons. The molecule has 4 nitrogen and oxygen atoms in total. The fraction of sp³-hybridized carbons (Fsp3) is 0.500. The molecule has 0 heterocycles. The van der Waals surface area contributed by atoms with Crippen molar-refractivity contribution in [1.29, 1.82) is 0 Å². The molecule has 1 aromatic carbocycles. The molecule has 1 rings (SSSR count). The highest BCUT2D eigenvalue weighted by molar-refractivity contribution is 9.10. The highest BCUT2D eigenvalue weighted by atomic mass is 79.9. The maximum Gasteiger partial charge on any atom is 0.260 e. The van der Waals surface area contributed by atoms with Crippen molar-refractivity contribution in [3.05, 3.63) is 22.7 Å². The van der Waals surface area contributed by atoms with E-state index in [1.807, 2.05) is 0 Å². The Labute approximate surface area is 122 Å². The van der Waals surface area contributed by atoms with E-state index in [0.29, 0.717) is 23.9 Å². The van der Waals surface area contributed by atoms with Gasteiger partial charge in [-0.05, 0) is 47.3 Å². The number of carbonyl (C=O) groups is 1. The second-order valence-electron chi connectivity index (χ2n) is 4.92. The molecule has 1 unspecified atom stereocenters. The Kier molecular flexibility index (Phi) is 6.15. The summed E-state index contributed by atoms with van der Waals surface area (Å²) in [6.07, 6.45) is 0.408. The number of rotatable bonds is 6. The van der Waals surface area contributed by atoms with Crippen LogP contribution in [0.4, 0.5) is 5.69 Å². The van der Waals surface area contributed by atoms with Gasteiger partial charge in [0, 0.05) is 18.3 Å². The average molecular weight is 329 g/mol. The predicted octanol–water partition coefficient (Wildman–Crippen LogP) is 2.96. The van der Waals surface area contributed by atoms with Crippen molar-refractivity contribution in [2.75, 3.05) is 12.3 Å². The SMILES string of the molecule is CC(C)CCNC(=O)C(C)Oc1cc(N)ccc1Br. The third kappa shape index (κ3) is 5.51. The summed E-state index contributed by atoms with van der Waals surface area (Å²) in [5.41, 5.74) is 6.29. The first-order chi connectivity index (χ1) is 8.90. The topological polar surface area (TPSA) is 64.3 Å². The van der Waals surface area contributed by atoms with Crippen LogP contribution in [0.25, 0.3) is 0 Å². The van der Waals surface area contributed by atoms with Crippen LogP contribution in [0.2, 0.25) is 0 Å². The van der Waals surface area contributed by atoms with Gasteiger partial charge in [-0.2, -0.15) is 0 Å². The normalized spacial score (nSPS) is 12.3. The molecule has 0 aliphatic heterocycles. The highest BCUT2D eigenvalue weighted by Crippen LogP contribution is 2.27. The molecule has 1 atom stereocenters. The van der Waals surface area contributed by atoms with Crippen LogP contribution in [0, 0.1) is 5.92 Å². The van der Waals surface area contributed by atoms with Crippen molar-refractivity contribution in [2.45, 2.75) is 33.3 Å². The van der Waals surface area contributed by atoms with Gasteiger partial charge in [0.1, 0.15) is 5.75 Å². The van der Waals surface area contributed by atoms with Crippen molar-refractivity contribution >= 4 is 27.5 Å². The summed E-state index contributed by atoms with van der Waals surface area (Å²) in [5, 5.41) is 2.86. The van der Waals surface area contributed by atoms with E-state index in [1.165, 1.54) is 0 Å². The van der Waals surface area contributed by atoms with Gasteiger partial charge >= 0.3 is 0 Å². The highest BCUT2D eigenvalue weighted by Gasteiger charge is 2.15. The molecule has 0 aliphatic rings. The molecule has 0 spiro atoms. The third-order valence-corrected chi connectivity index (χ3v) is 3.30. The third-order valence-electron chi connectivity index (χ3n) is 2.65. The average Bonchev–Trinajstić information content (AvgIpc) is 2.33. The minimum Gasteiger partial charge on any atom is -0.480 e. The second kappa shape index (κ2) is 7.38. The van der Waals surface area contributed by atoms with Crippen LogP contribution in [0.5, 0.6) is 5.75 Å². The molecular formula is C14H21BrN2O2. The fourth-order valence-corrected chi connectivity index (χ4v) is 1.82. The first-order valence-electron chi connectivity index (χ1n) is 6.39. The van der Waals surface area contributed by atoms with Gasteiger partial charge in [0.2, 0.25) is 0 Å². The Balaban J connectivity index is 2.51. The summed E-state index contributed by atoms with van der Waals surface area (Å²) in [4.78, 5) is 11.8. The van der Waals surface area contributed by atoms with Crippen molar-refractivity contribution in [3.63, 3.8) is 0 Å². The number of nitrogen functional groups attached to an aromatic ring is 1. The van der Waals surface area contributed by atoms with Gasteiger partial charge in [-0.1, -0.05) is 13.8 Å². The largest absolute Gasteiger partial charge is 0.480 e. The second-order valence-corrected chi connectivity index (χ2v) is 5.78. The molecule has 106 valence electrons. The van der Waals surface area contributed by atoms with Crippen LogP contribution in [0.3, 0.4) is 0 Å². The molecule has 0 bridgehead atoms. The summed E-state index contributed by atoms with van der Waals surface area (Å²) < 4.78 is 6.39. The zero-order chi connectivity index (χ0) is 14.4. The van der Waals surface area contributed by atoms with E-state index < -0.39 is 6.10 Å². The monoisotopic (exact) mass is 328 g/mol. The quantitative estimate of drug-likeness (QED) is 0.789. The Morgan fingerprint density at radius 3 is 2.74 bits per heavy atom. The van der Waals surface area contributed by atoms with Crippen LogP contribution in [-0.4, -0.2) is 18.6 Å². The van der Waals surface area contributed by atoms with E-state index in [9.17, 15) is 4.79 Å². The minimum absolute atomic E-state index is 0.116. The van der Waals surface area contributed by atoms with Crippen molar-refractivity contribution < 1.29 is 9.53 Å². The fourth-order valence-electron chi connectivity index (χ4n) is 1.48. The Bertz CT molecular complexity index is 435. The number of anilines is 1. The van der Waals surface area contributed by atoms with Crippen LogP contribution >= 0.6 is 15.9 Å². The number of halogens is 1. The van der Waals surface area contributed by atoms with Crippen LogP contribution in [0.15, 0.2) is 22.7 Å². The lowest BCUT2D eigenvalue weighted by Gasteiger charge is -2.16. The molecule has 3 N–H and O–H groups in total. The van der Waals surface area contributed by atoms with Gasteiger partial charge in [0.05, 0.1) is 4.47 Å². The van der Waals surface area contributed by atoms with E-state index in [-0.39, 0.29) is 5.91 Å². The smallest absolute Gasteiger partial charge is 0.260 e. The van der Waals surface area contributed by atoms with Crippen LogP contribution < -0.4 is 15.8 Å². The lowest BCUT2D eigenvalue weighted by atomic mass is 10.1. The van der Waals surface area contributed by atoms with E-state index in [0.717, 1.165) is 10.9 Å². The summed E-state index contributed by atoms with van der Waals surface area (Å²) in [6.45, 7) is 6.63. The number of ether oxygens (including phenoxy) is 1. The molecule has 1 aromatic rings. The number of amides is 1. The number of benzene rings is 1. The minimum atomic E-state index is -0.551. The van der Waals surface area contributed by atoms with E-state index >= 15 is 0 Å². The molecule has 5 heteroatoms. The zero-order valence-corrected chi connectivity index (χ0v) is 13.2. The molecule has 19 heavy (non-hydrogen) atoms. The number of hydrogen-bond donors (Lipinski definition) is 2. The van der Waals surface area contributed by atoms with Gasteiger partial charge in [0.15, 0.2) is 6.10 Å². The number of nitrogens with two attached hydrogens (primary N) is 1. The van der Waals surface area contributed by atoms with Gasteiger partial charge in [-0.15, -0.1) is 0 Å². The summed E-state index contributed by atoms with van der Waals surface area (Å²) >= 11 is 3.37. The lowest BCUT2D eigenvalue weighted by molar-refractivity contribution is -0.127. The van der Waals surface area contributed by atoms with Gasteiger partial charge < -0.3 is 15.8 Å². The number of hydrogen-bond acceptors (Lipinski definition) is 3. The molecular weight excluding hydrogens is 308 g/mol. The maximum atomic E-state index is 11.8. The van der Waals surface area contributed by atoms with Crippen molar-refractivity contribution in [3.8, 4) is 5.75 Å². The molecule has 1 amide bonds. The van der Waals surface area contributed by atoms with Gasteiger partial charge in [-0.25, -0.2) is 0 Å². The Morgan fingerprint density at radius 1 is 1.42 bits per heavy atom. The Morgan fingerprint density at radius 2 is 2.11 bits per heavy atom. The van der Waals surface area contributed by atoms with Crippen LogP contribution in [-0.2, 0) is 4.79 Å². The first-order valence-corrected chi connectivity index (χ1v) is 7.19. The van der Waals surface area contributed by atoms with Crippen molar-refractivity contribution in [1.82, 2.24) is 5.32 Å². The molecule has 0 aromatic heterocycles. The van der Waals surface area contributed by atoms with E-state index in [2.05, 4.69) is 35.1 Å². The summed E-state index contributed by atoms with van der Waals surface area (Å²) in [6, 6.07) is 5.26. The molecule has 0 saturated carbocycles. The standard InChI is InChI=1S/C14H21BrN2O2/c1-9(2)6-7-17-14(18)10(3)19-13-8-11(16)4-5-12(13)15/h4-5,8-10H,6-7,16H2,1-3H3,(H,17,18). The predicted molar refractivity (Wildman–Crippen MR) is 81.1 cm³/mol. The van der Waals surface area contributed by atoms with Crippen LogP contribution in [0.1, 0.15) is 27.2 Å². The Hall–Kier alpha value is -1.23. The van der Waals surface area contributed by atoms with E-state index in [4.69, 9.17) is 10.5 Å². The lowest BCUT2D eigenvalue weighted by Crippen LogP contribution is -2.37. The number of carbonyl (C=O) groups excluding carboxylic acids is 1. The molecule has 0 saturated heterocycles. The van der Waals surface area contributed by atoms with E-state index in [1.54, 1.807) is 25.1 Å².